The maximum atomic E-state index is 12.6. The third kappa shape index (κ3) is 4.54. The average Bonchev–Trinajstić information content (AvgIpc) is 3.23. The second kappa shape index (κ2) is 8.87. The second-order valence-corrected chi connectivity index (χ2v) is 7.45. The van der Waals surface area contributed by atoms with E-state index < -0.39 is 35.8 Å². The molecular weight excluding hydrogens is 426 g/mol. The topological polar surface area (TPSA) is 138 Å². The van der Waals surface area contributed by atoms with Crippen molar-refractivity contribution in [1.29, 1.82) is 0 Å². The Morgan fingerprint density at radius 1 is 1.12 bits per heavy atom. The van der Waals surface area contributed by atoms with E-state index in [0.717, 1.165) is 10.9 Å². The monoisotopic (exact) mass is 447 g/mol. The molecule has 4 N–H and O–H groups in total. The number of carboxylic acid groups (broad SMARTS) is 1. The number of urea groups is 1. The summed E-state index contributed by atoms with van der Waals surface area (Å²) in [6.07, 6.45) is 2.70. The molecule has 2 aromatic carbocycles. The number of hydrogen-bond donors (Lipinski definition) is 4. The van der Waals surface area contributed by atoms with Crippen LogP contribution in [0.25, 0.3) is 16.6 Å². The van der Waals surface area contributed by atoms with Crippen LogP contribution < -0.4 is 16.2 Å². The van der Waals surface area contributed by atoms with Gasteiger partial charge in [0.2, 0.25) is 0 Å². The Bertz CT molecular complexity index is 1410. The van der Waals surface area contributed by atoms with Gasteiger partial charge in [-0.3, -0.25) is 9.59 Å². The lowest BCUT2D eigenvalue weighted by Crippen LogP contribution is -2.36. The van der Waals surface area contributed by atoms with E-state index in [4.69, 9.17) is 0 Å². The fraction of sp³-hybridized carbons (Fsp3) is 0.130. The molecule has 0 radical (unpaired) electrons. The first-order valence-corrected chi connectivity index (χ1v) is 10.0. The van der Waals surface area contributed by atoms with Crippen LogP contribution in [0.4, 0.5) is 10.5 Å². The number of aromatic nitrogens is 3. The molecular formula is C23H21N5O5. The lowest BCUT2D eigenvalue weighted by atomic mass is 10.0. The van der Waals surface area contributed by atoms with E-state index >= 15 is 0 Å². The Kier molecular flexibility index (Phi) is 5.81. The molecule has 0 saturated carbocycles. The van der Waals surface area contributed by atoms with Gasteiger partial charge in [0.25, 0.3) is 5.56 Å². The summed E-state index contributed by atoms with van der Waals surface area (Å²) in [6, 6.07) is 14.2. The fourth-order valence-corrected chi connectivity index (χ4v) is 3.52. The van der Waals surface area contributed by atoms with E-state index in [1.54, 1.807) is 29.1 Å². The molecule has 4 aromatic rings. The fourth-order valence-electron chi connectivity index (χ4n) is 3.52. The van der Waals surface area contributed by atoms with E-state index in [2.05, 4.69) is 15.7 Å². The van der Waals surface area contributed by atoms with Gasteiger partial charge in [-0.15, -0.1) is 0 Å². The highest BCUT2D eigenvalue weighted by Crippen LogP contribution is 2.24. The van der Waals surface area contributed by atoms with E-state index in [1.165, 1.54) is 23.9 Å². The Hall–Kier alpha value is -4.60. The van der Waals surface area contributed by atoms with Crippen molar-refractivity contribution in [2.24, 2.45) is 7.05 Å². The molecule has 1 atom stereocenters. The zero-order valence-electron chi connectivity index (χ0n) is 17.6. The minimum atomic E-state index is -1.12. The van der Waals surface area contributed by atoms with E-state index in [9.17, 15) is 24.6 Å². The molecule has 0 fully saturated rings. The predicted molar refractivity (Wildman–Crippen MR) is 122 cm³/mol. The van der Waals surface area contributed by atoms with Gasteiger partial charge >= 0.3 is 12.0 Å². The number of hydrogen-bond acceptors (Lipinski definition) is 5. The van der Waals surface area contributed by atoms with Crippen molar-refractivity contribution in [1.82, 2.24) is 19.7 Å². The third-order valence-corrected chi connectivity index (χ3v) is 5.16. The van der Waals surface area contributed by atoms with Crippen LogP contribution in [-0.4, -0.2) is 36.6 Å². The number of rotatable bonds is 6. The Morgan fingerprint density at radius 3 is 2.70 bits per heavy atom. The number of carboxylic acids is 1. The van der Waals surface area contributed by atoms with Crippen molar-refractivity contribution in [2.75, 3.05) is 5.32 Å². The first kappa shape index (κ1) is 21.6. The second-order valence-electron chi connectivity index (χ2n) is 7.45. The number of nitrogens with one attached hydrogen (secondary N) is 2. The number of aliphatic carboxylic acids is 1. The highest BCUT2D eigenvalue weighted by atomic mass is 16.4. The molecule has 168 valence electrons. The number of amides is 2. The van der Waals surface area contributed by atoms with Crippen LogP contribution in [-0.2, 0) is 11.8 Å². The Morgan fingerprint density at radius 2 is 1.91 bits per heavy atom. The van der Waals surface area contributed by atoms with Crippen LogP contribution in [0.5, 0.6) is 5.75 Å². The van der Waals surface area contributed by atoms with Gasteiger partial charge < -0.3 is 25.4 Å². The molecule has 33 heavy (non-hydrogen) atoms. The summed E-state index contributed by atoms with van der Waals surface area (Å²) in [4.78, 5) is 36.3. The first-order chi connectivity index (χ1) is 15.8. The molecule has 0 spiro atoms. The van der Waals surface area contributed by atoms with Gasteiger partial charge in [-0.05, 0) is 29.8 Å². The van der Waals surface area contributed by atoms with Gasteiger partial charge in [0.1, 0.15) is 5.75 Å². The number of nitrogens with zero attached hydrogens (tertiary/aromatic N) is 3. The van der Waals surface area contributed by atoms with E-state index in [0.29, 0.717) is 11.3 Å². The Balaban J connectivity index is 1.62. The molecule has 10 heteroatoms. The predicted octanol–water partition coefficient (Wildman–Crippen LogP) is 2.77. The molecule has 2 heterocycles. The number of anilines is 1. The molecule has 2 aromatic heterocycles. The number of fused-ring (bicyclic) bond motifs is 1. The van der Waals surface area contributed by atoms with Crippen molar-refractivity contribution in [2.45, 2.75) is 12.5 Å². The molecule has 0 unspecified atom stereocenters. The molecule has 10 nitrogen and oxygen atoms in total. The number of aryl methyl sites for hydroxylation is 1. The molecule has 0 bridgehead atoms. The first-order valence-electron chi connectivity index (χ1n) is 10.0. The summed E-state index contributed by atoms with van der Waals surface area (Å²) in [5, 5.41) is 29.6. The molecule has 0 saturated heterocycles. The lowest BCUT2D eigenvalue weighted by Gasteiger charge is -2.19. The van der Waals surface area contributed by atoms with Gasteiger partial charge in [0, 0.05) is 18.6 Å². The van der Waals surface area contributed by atoms with Crippen LogP contribution in [0.15, 0.2) is 71.8 Å². The summed E-state index contributed by atoms with van der Waals surface area (Å²) in [5.41, 5.74) is 1.21. The number of para-hydroxylation sites is 1. The van der Waals surface area contributed by atoms with Gasteiger partial charge in [-0.25, -0.2) is 9.48 Å². The van der Waals surface area contributed by atoms with E-state index in [1.807, 2.05) is 30.3 Å². The number of benzene rings is 2. The van der Waals surface area contributed by atoms with Crippen molar-refractivity contribution in [3.63, 3.8) is 0 Å². The van der Waals surface area contributed by atoms with Gasteiger partial charge in [0.05, 0.1) is 29.9 Å². The van der Waals surface area contributed by atoms with Crippen LogP contribution in [0, 0.1) is 0 Å². The zero-order chi connectivity index (χ0) is 23.5. The molecule has 0 aliphatic rings. The normalized spacial score (nSPS) is 11.8. The van der Waals surface area contributed by atoms with Crippen molar-refractivity contribution in [3.05, 3.63) is 82.9 Å². The highest BCUT2D eigenvalue weighted by molar-refractivity contribution is 5.91. The Labute approximate surface area is 187 Å². The summed E-state index contributed by atoms with van der Waals surface area (Å²) < 4.78 is 2.92. The summed E-state index contributed by atoms with van der Waals surface area (Å²) in [6.45, 7) is 0. The quantitative estimate of drug-likeness (QED) is 0.359. The SMILES string of the molecule is Cn1ccc(O)c(NC(=O)N[C@@H](CC(=O)O)c2cccc(-n3ncc4ccccc43)c2)c1=O. The van der Waals surface area contributed by atoms with Crippen LogP contribution >= 0.6 is 0 Å². The van der Waals surface area contributed by atoms with Crippen molar-refractivity contribution in [3.8, 4) is 11.4 Å². The lowest BCUT2D eigenvalue weighted by molar-refractivity contribution is -0.137. The number of carbonyl (C=O) groups excluding carboxylic acids is 1. The zero-order valence-corrected chi connectivity index (χ0v) is 17.6. The minimum Gasteiger partial charge on any atom is -0.505 e. The summed E-state index contributed by atoms with van der Waals surface area (Å²) in [5.74, 6) is -1.51. The summed E-state index contributed by atoms with van der Waals surface area (Å²) >= 11 is 0. The number of aromatic hydroxyl groups is 1. The van der Waals surface area contributed by atoms with Crippen LogP contribution in [0.2, 0.25) is 0 Å². The van der Waals surface area contributed by atoms with Crippen molar-refractivity contribution >= 4 is 28.6 Å². The standard InChI is InChI=1S/C23H21N5O5/c1-27-10-9-19(29)21(22(27)32)26-23(33)25-17(12-20(30)31)14-6-4-7-16(11-14)28-18-8-3-2-5-15(18)13-24-28/h2-11,13,17,29H,12H2,1H3,(H,30,31)(H2,25,26,33)/t17-/m0/s1. The molecule has 0 aliphatic carbocycles. The molecule has 4 rings (SSSR count). The van der Waals surface area contributed by atoms with Crippen LogP contribution in [0.1, 0.15) is 18.0 Å². The third-order valence-electron chi connectivity index (χ3n) is 5.16. The average molecular weight is 447 g/mol. The highest BCUT2D eigenvalue weighted by Gasteiger charge is 2.21. The number of pyridine rings is 1. The van der Waals surface area contributed by atoms with Gasteiger partial charge in [0.15, 0.2) is 5.69 Å². The maximum Gasteiger partial charge on any atom is 0.319 e. The smallest absolute Gasteiger partial charge is 0.319 e. The van der Waals surface area contributed by atoms with Crippen LogP contribution in [0.3, 0.4) is 0 Å². The molecule has 2 amide bonds. The van der Waals surface area contributed by atoms with Gasteiger partial charge in [-0.1, -0.05) is 30.3 Å². The molecule has 0 aliphatic heterocycles. The number of carbonyl (C=O) groups is 2. The maximum absolute atomic E-state index is 12.6. The van der Waals surface area contributed by atoms with Crippen molar-refractivity contribution < 1.29 is 19.8 Å². The minimum absolute atomic E-state index is 0.302. The van der Waals surface area contributed by atoms with E-state index in [-0.39, 0.29) is 5.69 Å². The summed E-state index contributed by atoms with van der Waals surface area (Å²) in [7, 11) is 1.47. The largest absolute Gasteiger partial charge is 0.505 e. The van der Waals surface area contributed by atoms with Gasteiger partial charge in [-0.2, -0.15) is 5.10 Å².